The van der Waals surface area contributed by atoms with Crippen molar-refractivity contribution >= 4 is 87.2 Å². The van der Waals surface area contributed by atoms with E-state index < -0.39 is 9.05 Å². The topological polar surface area (TPSA) is 112 Å². The van der Waals surface area contributed by atoms with Crippen molar-refractivity contribution in [2.75, 3.05) is 0 Å². The molecule has 0 spiro atoms. The molecule has 0 unspecified atom stereocenters. The molecule has 0 rings (SSSR count). The molecule has 5 nitrogen and oxygen atoms in total. The summed E-state index contributed by atoms with van der Waals surface area (Å²) in [6, 6.07) is 0. The van der Waals surface area contributed by atoms with Crippen LogP contribution in [0.3, 0.4) is 0 Å². The molecule has 0 aliphatic carbocycles. The first kappa shape index (κ1) is 37.4. The normalized spacial score (nSPS) is 6.00. The van der Waals surface area contributed by atoms with Crippen molar-refractivity contribution < 1.29 is 61.3 Å². The van der Waals surface area contributed by atoms with Gasteiger partial charge in [-0.15, -0.1) is 0 Å². The van der Waals surface area contributed by atoms with Crippen LogP contribution < -0.4 is 29.6 Å². The summed E-state index contributed by atoms with van der Waals surface area (Å²) in [6.45, 7) is 0. The van der Waals surface area contributed by atoms with Crippen LogP contribution in [-0.2, 0) is 0 Å². The van der Waals surface area contributed by atoms with Crippen molar-refractivity contribution in [1.82, 2.24) is 0 Å². The molecule has 0 aliphatic rings. The monoisotopic (exact) mass is 236 g/mol. The standard InChI is InChI=1S/Al.Ca.Mg.Na.H4O4Si.H2O.8H/c;;;;1-5(2,3)4;;;;;;;;;/h;;;;1-4H;1H2;;;;;;;;/q;2*+2;+1;;;;;;5*-1. The minimum Gasteiger partial charge on any atom is -1.00 e. The van der Waals surface area contributed by atoms with Crippen LogP contribution in [0.5, 0.6) is 0 Å². The summed E-state index contributed by atoms with van der Waals surface area (Å²) in [5.74, 6) is 0. The zero-order valence-corrected chi connectivity index (χ0v) is 11.8. The first-order valence-corrected chi connectivity index (χ1v) is 2.68. The summed E-state index contributed by atoms with van der Waals surface area (Å²) in [6.07, 6.45) is 0. The Morgan fingerprint density at radius 2 is 1.00 bits per heavy atom. The quantitative estimate of drug-likeness (QED) is 0.313. The molecule has 0 saturated carbocycles. The third-order valence-electron chi connectivity index (χ3n) is 0. The van der Waals surface area contributed by atoms with E-state index in [2.05, 4.69) is 0 Å². The van der Waals surface area contributed by atoms with Gasteiger partial charge in [-0.3, -0.25) is 0 Å². The minimum absolute atomic E-state index is 0. The summed E-state index contributed by atoms with van der Waals surface area (Å²) in [5.41, 5.74) is 0. The molecule has 0 saturated heterocycles. The van der Waals surface area contributed by atoms with E-state index in [-0.39, 0.29) is 120 Å². The van der Waals surface area contributed by atoms with Crippen molar-refractivity contribution in [3.63, 3.8) is 0 Å². The van der Waals surface area contributed by atoms with Gasteiger partial charge in [0.1, 0.15) is 0 Å². The van der Waals surface area contributed by atoms with Crippen molar-refractivity contribution in [3.8, 4) is 0 Å². The SMILES string of the molecule is O.O[Si](O)(O)O.[AlH3].[Ca+2].[H-].[H-].[H-].[H-].[H-].[Mg+2].[Na+]. The molecular weight excluding hydrogens is 222 g/mol. The first-order chi connectivity index (χ1) is 2.00. The van der Waals surface area contributed by atoms with Crippen LogP contribution in [0.2, 0.25) is 0 Å². The average Bonchev–Trinajstić information content (AvgIpc) is 0.722. The molecule has 0 aromatic carbocycles. The molecule has 10 heteroatoms. The van der Waals surface area contributed by atoms with Crippen LogP contribution in [-0.4, -0.2) is 112 Å². The second-order valence-corrected chi connectivity index (χ2v) is 1.80. The molecule has 10 heavy (non-hydrogen) atoms. The molecule has 0 aliphatic heterocycles. The second-order valence-electron chi connectivity index (χ2n) is 0.600. The Hall–Kier alpha value is 3.58. The molecular formula is H14AlCaMgNaO5Si. The Labute approximate surface area is 146 Å². The third-order valence-corrected chi connectivity index (χ3v) is 0. The van der Waals surface area contributed by atoms with Gasteiger partial charge in [0.15, 0.2) is 17.4 Å². The Morgan fingerprint density at radius 1 is 1.00 bits per heavy atom. The second kappa shape index (κ2) is 18.4. The smallest absolute Gasteiger partial charge is 1.00 e. The van der Waals surface area contributed by atoms with E-state index in [1.165, 1.54) is 0 Å². The Bertz CT molecular complexity index is 50.9. The van der Waals surface area contributed by atoms with Gasteiger partial charge < -0.3 is 31.8 Å². The van der Waals surface area contributed by atoms with Crippen molar-refractivity contribution in [2.45, 2.75) is 0 Å². The molecule has 0 atom stereocenters. The summed E-state index contributed by atoms with van der Waals surface area (Å²) < 4.78 is 0. The Kier molecular flexibility index (Phi) is 68.7. The molecule has 0 aromatic rings. The van der Waals surface area contributed by atoms with Gasteiger partial charge in [-0.25, -0.2) is 0 Å². The van der Waals surface area contributed by atoms with Crippen molar-refractivity contribution in [1.29, 1.82) is 0 Å². The van der Waals surface area contributed by atoms with Crippen LogP contribution >= 0.6 is 0 Å². The van der Waals surface area contributed by atoms with E-state index in [0.29, 0.717) is 0 Å². The van der Waals surface area contributed by atoms with Crippen molar-refractivity contribution in [2.24, 2.45) is 0 Å². The minimum atomic E-state index is -4.61. The van der Waals surface area contributed by atoms with Gasteiger partial charge in [0.05, 0.1) is 0 Å². The molecule has 6 N–H and O–H groups in total. The van der Waals surface area contributed by atoms with Crippen LogP contribution in [0, 0.1) is 0 Å². The Morgan fingerprint density at radius 3 is 1.00 bits per heavy atom. The first-order valence-electron chi connectivity index (χ1n) is 0.894. The van der Waals surface area contributed by atoms with Crippen LogP contribution in [0.1, 0.15) is 7.13 Å². The van der Waals surface area contributed by atoms with Crippen molar-refractivity contribution in [3.05, 3.63) is 0 Å². The van der Waals surface area contributed by atoms with E-state index in [9.17, 15) is 0 Å². The maximum atomic E-state index is 7.33. The van der Waals surface area contributed by atoms with E-state index in [4.69, 9.17) is 19.2 Å². The predicted octanol–water partition coefficient (Wildman–Crippen LogP) is -7.81. The average molecular weight is 237 g/mol. The number of rotatable bonds is 0. The van der Waals surface area contributed by atoms with Gasteiger partial charge in [-0.1, -0.05) is 0 Å². The van der Waals surface area contributed by atoms with Crippen LogP contribution in [0.4, 0.5) is 0 Å². The van der Waals surface area contributed by atoms with E-state index in [1.807, 2.05) is 0 Å². The molecule has 0 amide bonds. The van der Waals surface area contributed by atoms with Gasteiger partial charge in [-0.05, 0) is 0 Å². The number of hydrogen-bond acceptors (Lipinski definition) is 4. The third kappa shape index (κ3) is 101. The van der Waals surface area contributed by atoms with Gasteiger partial charge >= 0.3 is 99.4 Å². The molecule has 0 radical (unpaired) electrons. The van der Waals surface area contributed by atoms with Gasteiger partial charge in [-0.2, -0.15) is 0 Å². The van der Waals surface area contributed by atoms with E-state index in [0.717, 1.165) is 0 Å². The van der Waals surface area contributed by atoms with Crippen LogP contribution in [0.15, 0.2) is 0 Å². The largest absolute Gasteiger partial charge is 2.00 e. The van der Waals surface area contributed by atoms with Crippen LogP contribution in [0.25, 0.3) is 0 Å². The van der Waals surface area contributed by atoms with Gasteiger partial charge in [0.2, 0.25) is 0 Å². The maximum Gasteiger partial charge on any atom is 2.00 e. The molecule has 0 aromatic heterocycles. The number of hydrogen-bond donors (Lipinski definition) is 4. The molecule has 0 heterocycles. The summed E-state index contributed by atoms with van der Waals surface area (Å²) in [4.78, 5) is 29.3. The molecule has 56 valence electrons. The van der Waals surface area contributed by atoms with Gasteiger partial charge in [0, 0.05) is 0 Å². The molecule has 0 fully saturated rings. The zero-order valence-electron chi connectivity index (χ0n) is 10.2. The fourth-order valence-electron chi connectivity index (χ4n) is 0. The zero-order chi connectivity index (χ0) is 4.50. The van der Waals surface area contributed by atoms with Gasteiger partial charge in [0.25, 0.3) is 0 Å². The fraction of sp³-hybridized carbons (Fsp3) is 0. The fourth-order valence-corrected chi connectivity index (χ4v) is 0. The summed E-state index contributed by atoms with van der Waals surface area (Å²) >= 11 is 0. The summed E-state index contributed by atoms with van der Waals surface area (Å²) in [5, 5.41) is 0. The van der Waals surface area contributed by atoms with E-state index >= 15 is 0 Å². The molecule has 0 bridgehead atoms. The Balaban J connectivity index is -0.00000000178. The maximum absolute atomic E-state index is 7.33. The summed E-state index contributed by atoms with van der Waals surface area (Å²) in [7, 11) is -4.61. The predicted molar refractivity (Wildman–Crippen MR) is 45.3 cm³/mol. The van der Waals surface area contributed by atoms with E-state index in [1.54, 1.807) is 0 Å².